The number of benzene rings is 5. The van der Waals surface area contributed by atoms with Gasteiger partial charge in [-0.15, -0.1) is 10.2 Å². The summed E-state index contributed by atoms with van der Waals surface area (Å²) in [5.74, 6) is -0.0142. The van der Waals surface area contributed by atoms with Gasteiger partial charge in [-0.25, -0.2) is 0 Å². The molecule has 6 aromatic rings. The molecule has 1 aromatic heterocycles. The van der Waals surface area contributed by atoms with Crippen molar-refractivity contribution in [2.24, 2.45) is 0 Å². The second kappa shape index (κ2) is 13.5. The van der Waals surface area contributed by atoms with E-state index < -0.39 is 23.5 Å². The number of anilines is 1. The van der Waals surface area contributed by atoms with Crippen LogP contribution in [0.1, 0.15) is 22.7 Å². The van der Waals surface area contributed by atoms with E-state index in [1.807, 2.05) is 78.9 Å². The van der Waals surface area contributed by atoms with Crippen molar-refractivity contribution in [3.05, 3.63) is 161 Å². The highest BCUT2D eigenvalue weighted by atomic mass is 32.2. The number of fused-ring (bicyclic) bond motifs is 1. The van der Waals surface area contributed by atoms with Gasteiger partial charge in [-0.2, -0.15) is 0 Å². The molecular formula is C38H27N3O4S2. The van der Waals surface area contributed by atoms with Gasteiger partial charge >= 0.3 is 0 Å². The number of hydrogen-bond donors (Lipinski definition) is 1. The summed E-state index contributed by atoms with van der Waals surface area (Å²) in [4.78, 5) is 28.8. The molecule has 2 heterocycles. The Bertz CT molecular complexity index is 2140. The van der Waals surface area contributed by atoms with Gasteiger partial charge < -0.3 is 9.84 Å². The highest BCUT2D eigenvalue weighted by Gasteiger charge is 2.45. The summed E-state index contributed by atoms with van der Waals surface area (Å²) in [6.45, 7) is 0. The number of ketones is 1. The Hall–Kier alpha value is -5.51. The van der Waals surface area contributed by atoms with Crippen LogP contribution in [0.5, 0.6) is 11.5 Å². The molecule has 1 amide bonds. The Labute approximate surface area is 279 Å². The third kappa shape index (κ3) is 6.44. The zero-order chi connectivity index (χ0) is 32.2. The number of aliphatic hydroxyl groups excluding tert-OH is 1. The number of rotatable bonds is 10. The second-order valence-electron chi connectivity index (χ2n) is 10.7. The number of aromatic nitrogens is 2. The summed E-state index contributed by atoms with van der Waals surface area (Å²) in [6.07, 6.45) is 3.04. The molecule has 7 nitrogen and oxygen atoms in total. The number of allylic oxidation sites excluding steroid dienone is 1. The lowest BCUT2D eigenvalue weighted by atomic mass is 9.95. The van der Waals surface area contributed by atoms with Crippen molar-refractivity contribution in [3.63, 3.8) is 0 Å². The Morgan fingerprint density at radius 3 is 2.38 bits per heavy atom. The fraction of sp³-hybridized carbons (Fsp3) is 0.0526. The maximum Gasteiger partial charge on any atom is 0.296 e. The molecular weight excluding hydrogens is 627 g/mol. The lowest BCUT2D eigenvalue weighted by Crippen LogP contribution is -2.30. The monoisotopic (exact) mass is 653 g/mol. The Balaban J connectivity index is 1.21. The number of carbonyl (C=O) groups is 2. The smallest absolute Gasteiger partial charge is 0.296 e. The zero-order valence-electron chi connectivity index (χ0n) is 24.9. The third-order valence-corrected chi connectivity index (χ3v) is 9.79. The third-order valence-electron chi connectivity index (χ3n) is 7.69. The van der Waals surface area contributed by atoms with Crippen molar-refractivity contribution in [2.45, 2.75) is 16.1 Å². The van der Waals surface area contributed by atoms with E-state index >= 15 is 0 Å². The molecule has 1 aliphatic rings. The van der Waals surface area contributed by atoms with Crippen LogP contribution >= 0.6 is 23.1 Å². The summed E-state index contributed by atoms with van der Waals surface area (Å²) in [6, 6.07) is 39.3. The van der Waals surface area contributed by atoms with E-state index in [2.05, 4.69) is 34.5 Å². The molecule has 1 unspecified atom stereocenters. The maximum absolute atomic E-state index is 13.7. The van der Waals surface area contributed by atoms with Crippen molar-refractivity contribution in [1.29, 1.82) is 0 Å². The number of amides is 1. The number of hydrogen-bond acceptors (Lipinski definition) is 8. The first-order valence-electron chi connectivity index (χ1n) is 14.8. The first-order chi connectivity index (χ1) is 23.0. The minimum absolute atomic E-state index is 0.0424. The van der Waals surface area contributed by atoms with Crippen molar-refractivity contribution >= 4 is 56.8 Å². The van der Waals surface area contributed by atoms with Gasteiger partial charge in [0, 0.05) is 5.75 Å². The van der Waals surface area contributed by atoms with Crippen LogP contribution in [-0.4, -0.2) is 27.0 Å². The molecule has 0 bridgehead atoms. The molecule has 7 rings (SSSR count). The number of thioether (sulfide) groups is 1. The van der Waals surface area contributed by atoms with E-state index in [1.165, 1.54) is 39.5 Å². The first kappa shape index (κ1) is 30.2. The number of ether oxygens (including phenoxy) is 1. The molecule has 47 heavy (non-hydrogen) atoms. The summed E-state index contributed by atoms with van der Waals surface area (Å²) in [5.41, 5.74) is 2.51. The standard InChI is InChI=1S/C38H27N3O4S2/c42-32(22-21-25-11-3-1-4-12-25)33-34(27-15-10-19-30(23-27)45-29-17-5-2-6-18-29)41(36(44)35(33)43)37-39-40-38(47-37)46-24-28-16-9-14-26-13-7-8-20-31(26)28/h1-23,34,43H,24H2/b22-21+. The van der Waals surface area contributed by atoms with Crippen molar-refractivity contribution < 1.29 is 19.4 Å². The maximum atomic E-state index is 13.7. The molecule has 5 aromatic carbocycles. The summed E-state index contributed by atoms with van der Waals surface area (Å²) in [7, 11) is 0. The van der Waals surface area contributed by atoms with Gasteiger partial charge in [0.05, 0.1) is 11.6 Å². The lowest BCUT2D eigenvalue weighted by molar-refractivity contribution is -0.117. The molecule has 0 radical (unpaired) electrons. The number of nitrogens with zero attached hydrogens (tertiary/aromatic N) is 3. The van der Waals surface area contributed by atoms with E-state index in [1.54, 1.807) is 30.3 Å². The molecule has 1 N–H and O–H groups in total. The van der Waals surface area contributed by atoms with Crippen molar-refractivity contribution in [2.75, 3.05) is 4.90 Å². The van der Waals surface area contributed by atoms with Crippen molar-refractivity contribution in [3.8, 4) is 11.5 Å². The van der Waals surface area contributed by atoms with Crippen LogP contribution < -0.4 is 9.64 Å². The predicted octanol–water partition coefficient (Wildman–Crippen LogP) is 8.96. The van der Waals surface area contributed by atoms with E-state index in [0.29, 0.717) is 27.2 Å². The average Bonchev–Trinajstić information content (AvgIpc) is 3.68. The summed E-state index contributed by atoms with van der Waals surface area (Å²) >= 11 is 2.75. The van der Waals surface area contributed by atoms with Gasteiger partial charge in [-0.1, -0.05) is 132 Å². The molecule has 1 aliphatic heterocycles. The second-order valence-corrected chi connectivity index (χ2v) is 12.9. The molecule has 230 valence electrons. The summed E-state index contributed by atoms with van der Waals surface area (Å²) in [5, 5.41) is 22.5. The van der Waals surface area contributed by atoms with Gasteiger partial charge in [0.2, 0.25) is 5.13 Å². The SMILES string of the molecule is O=C(/C=C/c1ccccc1)C1=C(O)C(=O)N(c2nnc(SCc3cccc4ccccc34)s2)C1c1cccc(Oc2ccccc2)c1. The van der Waals surface area contributed by atoms with Crippen LogP contribution in [0.3, 0.4) is 0 Å². The normalized spacial score (nSPS) is 14.8. The Morgan fingerprint density at radius 1 is 0.851 bits per heavy atom. The van der Waals surface area contributed by atoms with Gasteiger partial charge in [-0.3, -0.25) is 14.5 Å². The highest BCUT2D eigenvalue weighted by Crippen LogP contribution is 2.44. The van der Waals surface area contributed by atoms with Gasteiger partial charge in [0.1, 0.15) is 11.5 Å². The molecule has 0 aliphatic carbocycles. The topological polar surface area (TPSA) is 92.6 Å². The summed E-state index contributed by atoms with van der Waals surface area (Å²) < 4.78 is 6.73. The molecule has 0 fully saturated rings. The molecule has 9 heteroatoms. The number of aliphatic hydroxyl groups is 1. The Kier molecular flexibility index (Phi) is 8.64. The van der Waals surface area contributed by atoms with Crippen LogP contribution in [-0.2, 0) is 15.3 Å². The van der Waals surface area contributed by atoms with Crippen LogP contribution in [0.4, 0.5) is 5.13 Å². The zero-order valence-corrected chi connectivity index (χ0v) is 26.5. The van der Waals surface area contributed by atoms with Crippen LogP contribution in [0.2, 0.25) is 0 Å². The number of carbonyl (C=O) groups excluding carboxylic acids is 2. The van der Waals surface area contributed by atoms with Crippen molar-refractivity contribution in [1.82, 2.24) is 10.2 Å². The quantitative estimate of drug-likeness (QED) is 0.0896. The minimum atomic E-state index is -0.960. The average molecular weight is 654 g/mol. The van der Waals surface area contributed by atoms with Crippen LogP contribution in [0.25, 0.3) is 16.8 Å². The Morgan fingerprint density at radius 2 is 1.55 bits per heavy atom. The van der Waals surface area contributed by atoms with Crippen LogP contribution in [0, 0.1) is 0 Å². The lowest BCUT2D eigenvalue weighted by Gasteiger charge is -2.24. The van der Waals surface area contributed by atoms with E-state index in [9.17, 15) is 14.7 Å². The highest BCUT2D eigenvalue weighted by molar-refractivity contribution is 8.00. The van der Waals surface area contributed by atoms with Gasteiger partial charge in [-0.05, 0) is 57.8 Å². The van der Waals surface area contributed by atoms with Crippen LogP contribution in [0.15, 0.2) is 149 Å². The fourth-order valence-corrected chi connectivity index (χ4v) is 7.36. The largest absolute Gasteiger partial charge is 0.503 e. The minimum Gasteiger partial charge on any atom is -0.503 e. The van der Waals surface area contributed by atoms with E-state index in [0.717, 1.165) is 16.5 Å². The molecule has 0 spiro atoms. The number of para-hydroxylation sites is 1. The predicted molar refractivity (Wildman–Crippen MR) is 187 cm³/mol. The van der Waals surface area contributed by atoms with Gasteiger partial charge in [0.15, 0.2) is 15.9 Å². The fourth-order valence-electron chi connectivity index (χ4n) is 5.48. The molecule has 1 atom stereocenters. The molecule has 0 saturated heterocycles. The van der Waals surface area contributed by atoms with E-state index in [4.69, 9.17) is 4.74 Å². The molecule has 0 saturated carbocycles. The first-order valence-corrected chi connectivity index (χ1v) is 16.7. The van der Waals surface area contributed by atoms with E-state index in [-0.39, 0.29) is 10.7 Å². The van der Waals surface area contributed by atoms with Gasteiger partial charge in [0.25, 0.3) is 5.91 Å².